The van der Waals surface area contributed by atoms with Gasteiger partial charge in [-0.25, -0.2) is 0 Å². The van der Waals surface area contributed by atoms with Gasteiger partial charge in [0, 0.05) is 41.1 Å². The van der Waals surface area contributed by atoms with Crippen molar-refractivity contribution < 1.29 is 9.59 Å². The molecular weight excluding hydrogens is 326 g/mol. The average molecular weight is 348 g/mol. The lowest BCUT2D eigenvalue weighted by molar-refractivity contribution is -0.124. The summed E-state index contributed by atoms with van der Waals surface area (Å²) in [5.74, 6) is -0.532. The van der Waals surface area contributed by atoms with Gasteiger partial charge >= 0.3 is 0 Å². The molecule has 3 rings (SSSR count). The van der Waals surface area contributed by atoms with Crippen LogP contribution in [0.25, 0.3) is 10.9 Å². The summed E-state index contributed by atoms with van der Waals surface area (Å²) in [6.45, 7) is 0.766. The van der Waals surface area contributed by atoms with Gasteiger partial charge < -0.3 is 15.6 Å². The molecule has 0 saturated heterocycles. The van der Waals surface area contributed by atoms with Gasteiger partial charge in [-0.05, 0) is 43.5 Å². The highest BCUT2D eigenvalue weighted by atomic mass is 35.5. The van der Waals surface area contributed by atoms with Crippen LogP contribution < -0.4 is 11.1 Å². The van der Waals surface area contributed by atoms with Crippen LogP contribution in [-0.2, 0) is 16.1 Å². The van der Waals surface area contributed by atoms with Crippen molar-refractivity contribution in [2.24, 2.45) is 11.7 Å². The van der Waals surface area contributed by atoms with E-state index in [9.17, 15) is 9.59 Å². The lowest BCUT2D eigenvalue weighted by atomic mass is 10.0. The number of benzene rings is 1. The van der Waals surface area contributed by atoms with E-state index >= 15 is 0 Å². The number of nitrogens with one attached hydrogen (secondary N) is 1. The summed E-state index contributed by atoms with van der Waals surface area (Å²) < 4.78 is 2.13. The molecule has 1 heterocycles. The Morgan fingerprint density at radius 1 is 1.29 bits per heavy atom. The normalized spacial score (nSPS) is 20.4. The van der Waals surface area contributed by atoms with Crippen molar-refractivity contribution in [3.63, 3.8) is 0 Å². The second-order valence-corrected chi connectivity index (χ2v) is 6.87. The van der Waals surface area contributed by atoms with E-state index in [0.717, 1.165) is 48.2 Å². The summed E-state index contributed by atoms with van der Waals surface area (Å²) >= 11 is 5.99. The Hall–Kier alpha value is -2.01. The van der Waals surface area contributed by atoms with Crippen molar-refractivity contribution in [2.45, 2.75) is 44.7 Å². The van der Waals surface area contributed by atoms with Gasteiger partial charge in [-0.1, -0.05) is 18.0 Å². The third kappa shape index (κ3) is 3.73. The number of amides is 2. The van der Waals surface area contributed by atoms with E-state index in [1.807, 2.05) is 30.5 Å². The highest BCUT2D eigenvalue weighted by molar-refractivity contribution is 6.31. The minimum Gasteiger partial charge on any atom is -0.369 e. The lowest BCUT2D eigenvalue weighted by Crippen LogP contribution is -2.42. The average Bonchev–Trinajstić information content (AvgIpc) is 3.14. The van der Waals surface area contributed by atoms with E-state index in [0.29, 0.717) is 6.42 Å². The quantitative estimate of drug-likeness (QED) is 0.842. The van der Waals surface area contributed by atoms with Crippen LogP contribution in [0.4, 0.5) is 0 Å². The van der Waals surface area contributed by atoms with Gasteiger partial charge in [-0.15, -0.1) is 0 Å². The zero-order valence-corrected chi connectivity index (χ0v) is 14.3. The summed E-state index contributed by atoms with van der Waals surface area (Å²) in [6, 6.07) is 7.73. The Morgan fingerprint density at radius 2 is 2.12 bits per heavy atom. The van der Waals surface area contributed by atoms with Crippen LogP contribution in [0.15, 0.2) is 30.5 Å². The molecule has 128 valence electrons. The van der Waals surface area contributed by atoms with Crippen molar-refractivity contribution in [1.82, 2.24) is 9.88 Å². The van der Waals surface area contributed by atoms with Crippen molar-refractivity contribution in [2.75, 3.05) is 0 Å². The molecule has 1 aromatic carbocycles. The van der Waals surface area contributed by atoms with E-state index in [1.165, 1.54) is 0 Å². The number of hydrogen-bond donors (Lipinski definition) is 2. The Balaban J connectivity index is 1.50. The first-order valence-electron chi connectivity index (χ1n) is 8.37. The minimum absolute atomic E-state index is 0.00680. The predicted octanol–water partition coefficient (Wildman–Crippen LogP) is 2.85. The third-order valence-corrected chi connectivity index (χ3v) is 5.00. The summed E-state index contributed by atoms with van der Waals surface area (Å²) in [5, 5.41) is 4.79. The number of aryl methyl sites for hydroxylation is 1. The predicted molar refractivity (Wildman–Crippen MR) is 94.6 cm³/mol. The molecule has 1 aliphatic carbocycles. The Labute approximate surface area is 146 Å². The topological polar surface area (TPSA) is 77.1 Å². The van der Waals surface area contributed by atoms with Gasteiger partial charge in [0.05, 0.1) is 5.92 Å². The molecule has 1 aromatic heterocycles. The van der Waals surface area contributed by atoms with E-state index < -0.39 is 0 Å². The summed E-state index contributed by atoms with van der Waals surface area (Å²) in [4.78, 5) is 23.5. The standard InChI is InChI=1S/C18H22ClN3O2/c19-13-6-7-16-12(11-13)8-10-22(16)9-2-5-17(23)21-15-4-1-3-14(15)18(20)24/h6-8,10-11,14-15H,1-5,9H2,(H2,20,24)(H,21,23)/t14-,15-/m1/s1. The van der Waals surface area contributed by atoms with Crippen LogP contribution >= 0.6 is 11.6 Å². The molecule has 5 nitrogen and oxygen atoms in total. The van der Waals surface area contributed by atoms with Crippen molar-refractivity contribution in [3.8, 4) is 0 Å². The molecule has 0 spiro atoms. The van der Waals surface area contributed by atoms with Crippen LogP contribution in [-0.4, -0.2) is 22.4 Å². The van der Waals surface area contributed by atoms with Crippen LogP contribution in [0.5, 0.6) is 0 Å². The van der Waals surface area contributed by atoms with Gasteiger partial charge in [0.1, 0.15) is 0 Å². The molecule has 0 aliphatic heterocycles. The lowest BCUT2D eigenvalue weighted by Gasteiger charge is -2.18. The van der Waals surface area contributed by atoms with Crippen LogP contribution in [0.2, 0.25) is 5.02 Å². The molecule has 2 amide bonds. The van der Waals surface area contributed by atoms with Crippen LogP contribution in [0.1, 0.15) is 32.1 Å². The molecule has 0 unspecified atom stereocenters. The fourth-order valence-corrected chi connectivity index (χ4v) is 3.71. The number of aromatic nitrogens is 1. The van der Waals surface area contributed by atoms with E-state index in [2.05, 4.69) is 9.88 Å². The molecule has 0 radical (unpaired) electrons. The fraction of sp³-hybridized carbons (Fsp3) is 0.444. The minimum atomic E-state index is -0.310. The fourth-order valence-electron chi connectivity index (χ4n) is 3.53. The number of carbonyl (C=O) groups excluding carboxylic acids is 2. The largest absolute Gasteiger partial charge is 0.369 e. The molecule has 6 heteroatoms. The van der Waals surface area contributed by atoms with Gasteiger partial charge in [-0.3, -0.25) is 9.59 Å². The van der Waals surface area contributed by atoms with Gasteiger partial charge in [0.25, 0.3) is 0 Å². The molecule has 0 bridgehead atoms. The molecule has 2 aromatic rings. The number of nitrogens with zero attached hydrogens (tertiary/aromatic N) is 1. The number of rotatable bonds is 6. The number of nitrogens with two attached hydrogens (primary N) is 1. The zero-order chi connectivity index (χ0) is 17.1. The van der Waals surface area contributed by atoms with Crippen LogP contribution in [0, 0.1) is 5.92 Å². The molecule has 1 fully saturated rings. The molecule has 3 N–H and O–H groups in total. The first kappa shape index (κ1) is 16.8. The number of halogens is 1. The smallest absolute Gasteiger partial charge is 0.222 e. The second kappa shape index (κ2) is 7.26. The maximum Gasteiger partial charge on any atom is 0.222 e. The van der Waals surface area contributed by atoms with Crippen molar-refractivity contribution in [3.05, 3.63) is 35.5 Å². The van der Waals surface area contributed by atoms with Crippen molar-refractivity contribution >= 4 is 34.3 Å². The Bertz CT molecular complexity index is 756. The number of fused-ring (bicyclic) bond motifs is 1. The summed E-state index contributed by atoms with van der Waals surface area (Å²) in [5.41, 5.74) is 6.50. The van der Waals surface area contributed by atoms with E-state index in [1.54, 1.807) is 0 Å². The van der Waals surface area contributed by atoms with E-state index in [4.69, 9.17) is 17.3 Å². The monoisotopic (exact) mass is 347 g/mol. The summed E-state index contributed by atoms with van der Waals surface area (Å²) in [7, 11) is 0. The molecule has 1 aliphatic rings. The third-order valence-electron chi connectivity index (χ3n) is 4.76. The highest BCUT2D eigenvalue weighted by Gasteiger charge is 2.32. The number of carbonyl (C=O) groups is 2. The zero-order valence-electron chi connectivity index (χ0n) is 13.5. The maximum absolute atomic E-state index is 12.1. The van der Waals surface area contributed by atoms with Crippen molar-refractivity contribution in [1.29, 1.82) is 0 Å². The Morgan fingerprint density at radius 3 is 2.92 bits per heavy atom. The second-order valence-electron chi connectivity index (χ2n) is 6.43. The SMILES string of the molecule is NC(=O)[C@@H]1CCC[C@H]1NC(=O)CCCn1ccc2cc(Cl)ccc21. The number of hydrogen-bond acceptors (Lipinski definition) is 2. The molecule has 2 atom stereocenters. The first-order valence-corrected chi connectivity index (χ1v) is 8.75. The molecular formula is C18H22ClN3O2. The Kier molecular flexibility index (Phi) is 5.09. The van der Waals surface area contributed by atoms with Gasteiger partial charge in [-0.2, -0.15) is 0 Å². The first-order chi connectivity index (χ1) is 11.5. The molecule has 1 saturated carbocycles. The number of primary amides is 1. The highest BCUT2D eigenvalue weighted by Crippen LogP contribution is 2.25. The van der Waals surface area contributed by atoms with E-state index in [-0.39, 0.29) is 23.8 Å². The van der Waals surface area contributed by atoms with Gasteiger partial charge in [0.2, 0.25) is 11.8 Å². The molecule has 24 heavy (non-hydrogen) atoms. The van der Waals surface area contributed by atoms with Gasteiger partial charge in [0.15, 0.2) is 0 Å². The summed E-state index contributed by atoms with van der Waals surface area (Å²) in [6.07, 6.45) is 5.75. The van der Waals surface area contributed by atoms with Crippen LogP contribution in [0.3, 0.4) is 0 Å². The maximum atomic E-state index is 12.1.